The largest absolute Gasteiger partial charge is 0.238 e. The number of benzene rings is 1. The number of aromatic nitrogens is 4. The molecule has 0 spiro atoms. The van der Waals surface area contributed by atoms with Crippen LogP contribution in [0.5, 0.6) is 0 Å². The van der Waals surface area contributed by atoms with Gasteiger partial charge in [-0.15, -0.1) is 10.2 Å². The van der Waals surface area contributed by atoms with Crippen LogP contribution in [0.1, 0.15) is 0 Å². The molecule has 2 aromatic rings. The molecular formula is C8H9N5O2S. The van der Waals surface area contributed by atoms with Crippen LogP contribution in [-0.2, 0) is 17.1 Å². The molecule has 0 aliphatic heterocycles. The minimum atomic E-state index is -3.66. The van der Waals surface area contributed by atoms with Crippen molar-refractivity contribution < 1.29 is 8.42 Å². The molecule has 0 radical (unpaired) electrons. The van der Waals surface area contributed by atoms with E-state index in [4.69, 9.17) is 5.14 Å². The summed E-state index contributed by atoms with van der Waals surface area (Å²) in [6.45, 7) is 0. The van der Waals surface area contributed by atoms with Crippen LogP contribution in [0.25, 0.3) is 11.4 Å². The fraction of sp³-hybridized carbons (Fsp3) is 0.125. The van der Waals surface area contributed by atoms with Crippen molar-refractivity contribution in [1.29, 1.82) is 0 Å². The highest BCUT2D eigenvalue weighted by atomic mass is 32.2. The maximum Gasteiger partial charge on any atom is 0.238 e. The number of aryl methyl sites for hydroxylation is 1. The maximum absolute atomic E-state index is 11.0. The van der Waals surface area contributed by atoms with Gasteiger partial charge in [0, 0.05) is 5.56 Å². The third kappa shape index (κ3) is 2.07. The minimum absolute atomic E-state index is 0.0557. The second-order valence-electron chi connectivity index (χ2n) is 3.17. The minimum Gasteiger partial charge on any atom is -0.225 e. The van der Waals surface area contributed by atoms with Crippen molar-refractivity contribution in [3.8, 4) is 11.4 Å². The van der Waals surface area contributed by atoms with Crippen LogP contribution in [0, 0.1) is 0 Å². The maximum atomic E-state index is 11.0. The second-order valence-corrected chi connectivity index (χ2v) is 4.73. The Balaban J connectivity index is 2.40. The molecule has 7 nitrogen and oxygen atoms in total. The van der Waals surface area contributed by atoms with E-state index in [9.17, 15) is 8.42 Å². The first-order valence-electron chi connectivity index (χ1n) is 4.34. The SMILES string of the molecule is Cn1nnc(-c2ccc(S(N)(=O)=O)cc2)n1. The quantitative estimate of drug-likeness (QED) is 0.762. The van der Waals surface area contributed by atoms with Gasteiger partial charge >= 0.3 is 0 Å². The Hall–Kier alpha value is -1.80. The molecule has 0 aliphatic carbocycles. The highest BCUT2D eigenvalue weighted by molar-refractivity contribution is 7.89. The highest BCUT2D eigenvalue weighted by Crippen LogP contribution is 2.16. The van der Waals surface area contributed by atoms with Gasteiger partial charge in [-0.05, 0) is 29.5 Å². The zero-order valence-corrected chi connectivity index (χ0v) is 9.22. The van der Waals surface area contributed by atoms with E-state index in [0.29, 0.717) is 11.4 Å². The standard InChI is InChI=1S/C8H9N5O2S/c1-13-11-8(10-12-13)6-2-4-7(5-3-6)16(9,14)15/h2-5H,1H3,(H2,9,14,15). The lowest BCUT2D eigenvalue weighted by Gasteiger charge is -1.98. The third-order valence-electron chi connectivity index (χ3n) is 1.95. The summed E-state index contributed by atoms with van der Waals surface area (Å²) >= 11 is 0. The zero-order chi connectivity index (χ0) is 11.8. The van der Waals surface area contributed by atoms with Gasteiger partial charge in [0.2, 0.25) is 15.8 Å². The average Bonchev–Trinajstić information content (AvgIpc) is 2.64. The number of nitrogens with zero attached hydrogens (tertiary/aromatic N) is 4. The molecule has 0 saturated heterocycles. The molecule has 8 heteroatoms. The van der Waals surface area contributed by atoms with Gasteiger partial charge in [0.05, 0.1) is 11.9 Å². The third-order valence-corrected chi connectivity index (χ3v) is 2.88. The summed E-state index contributed by atoms with van der Waals surface area (Å²) < 4.78 is 22.0. The van der Waals surface area contributed by atoms with Gasteiger partial charge in [0.25, 0.3) is 0 Å². The van der Waals surface area contributed by atoms with Gasteiger partial charge in [0.1, 0.15) is 0 Å². The van der Waals surface area contributed by atoms with Gasteiger partial charge in [0.15, 0.2) is 0 Å². The molecule has 1 aromatic heterocycles. The van der Waals surface area contributed by atoms with Crippen LogP contribution in [-0.4, -0.2) is 28.6 Å². The Labute approximate surface area is 91.9 Å². The molecule has 16 heavy (non-hydrogen) atoms. The first-order chi connectivity index (χ1) is 7.47. The molecule has 0 unspecified atom stereocenters. The number of primary sulfonamides is 1. The number of nitrogens with two attached hydrogens (primary N) is 1. The Morgan fingerprint density at radius 2 is 1.88 bits per heavy atom. The van der Waals surface area contributed by atoms with E-state index in [2.05, 4.69) is 15.4 Å². The Morgan fingerprint density at radius 3 is 2.31 bits per heavy atom. The summed E-state index contributed by atoms with van der Waals surface area (Å²) in [7, 11) is -2.01. The molecule has 0 bridgehead atoms. The van der Waals surface area contributed by atoms with E-state index in [1.807, 2.05) is 0 Å². The predicted octanol–water partition coefficient (Wildman–Crippen LogP) is -0.476. The topological polar surface area (TPSA) is 104 Å². The molecule has 0 aliphatic rings. The number of hydrogen-bond acceptors (Lipinski definition) is 5. The molecule has 0 fully saturated rings. The van der Waals surface area contributed by atoms with E-state index in [-0.39, 0.29) is 4.90 Å². The lowest BCUT2D eigenvalue weighted by molar-refractivity contribution is 0.598. The van der Waals surface area contributed by atoms with E-state index in [0.717, 1.165) is 0 Å². The van der Waals surface area contributed by atoms with E-state index in [1.165, 1.54) is 16.9 Å². The molecule has 2 rings (SSSR count). The molecule has 0 atom stereocenters. The normalized spacial score (nSPS) is 11.6. The molecule has 84 valence electrons. The molecule has 0 amide bonds. The highest BCUT2D eigenvalue weighted by Gasteiger charge is 2.09. The van der Waals surface area contributed by atoms with Crippen molar-refractivity contribution >= 4 is 10.0 Å². The van der Waals surface area contributed by atoms with Crippen LogP contribution in [0.3, 0.4) is 0 Å². The van der Waals surface area contributed by atoms with E-state index < -0.39 is 10.0 Å². The van der Waals surface area contributed by atoms with Crippen molar-refractivity contribution in [3.05, 3.63) is 24.3 Å². The number of hydrogen-bond donors (Lipinski definition) is 1. The smallest absolute Gasteiger partial charge is 0.225 e. The Bertz CT molecular complexity index is 602. The van der Waals surface area contributed by atoms with Gasteiger partial charge in [-0.25, -0.2) is 13.6 Å². The molecule has 1 heterocycles. The summed E-state index contributed by atoms with van der Waals surface area (Å²) in [5.41, 5.74) is 0.681. The summed E-state index contributed by atoms with van der Waals surface area (Å²) in [6.07, 6.45) is 0. The molecule has 2 N–H and O–H groups in total. The van der Waals surface area contributed by atoms with Crippen molar-refractivity contribution in [2.24, 2.45) is 12.2 Å². The van der Waals surface area contributed by atoms with Crippen molar-refractivity contribution in [2.75, 3.05) is 0 Å². The number of tetrazole rings is 1. The van der Waals surface area contributed by atoms with E-state index >= 15 is 0 Å². The van der Waals surface area contributed by atoms with Crippen molar-refractivity contribution in [1.82, 2.24) is 20.2 Å². The molecular weight excluding hydrogens is 230 g/mol. The monoisotopic (exact) mass is 239 g/mol. The first kappa shape index (κ1) is 10.7. The van der Waals surface area contributed by atoms with Gasteiger partial charge in [-0.3, -0.25) is 0 Å². The fourth-order valence-corrected chi connectivity index (χ4v) is 1.71. The lowest BCUT2D eigenvalue weighted by atomic mass is 10.2. The summed E-state index contributed by atoms with van der Waals surface area (Å²) in [5.74, 6) is 0.434. The van der Waals surface area contributed by atoms with Gasteiger partial charge in [-0.2, -0.15) is 4.80 Å². The average molecular weight is 239 g/mol. The Morgan fingerprint density at radius 1 is 1.25 bits per heavy atom. The Kier molecular flexibility index (Phi) is 2.44. The predicted molar refractivity (Wildman–Crippen MR) is 55.6 cm³/mol. The van der Waals surface area contributed by atoms with E-state index in [1.54, 1.807) is 19.2 Å². The van der Waals surface area contributed by atoms with Crippen LogP contribution < -0.4 is 5.14 Å². The van der Waals surface area contributed by atoms with Crippen molar-refractivity contribution in [3.63, 3.8) is 0 Å². The zero-order valence-electron chi connectivity index (χ0n) is 8.40. The summed E-state index contributed by atoms with van der Waals surface area (Å²) in [6, 6.07) is 5.97. The fourth-order valence-electron chi connectivity index (χ4n) is 1.19. The van der Waals surface area contributed by atoms with Crippen LogP contribution in [0.15, 0.2) is 29.2 Å². The number of rotatable bonds is 2. The van der Waals surface area contributed by atoms with Crippen LogP contribution >= 0.6 is 0 Å². The lowest BCUT2D eigenvalue weighted by Crippen LogP contribution is -2.11. The van der Waals surface area contributed by atoms with Crippen LogP contribution in [0.2, 0.25) is 0 Å². The summed E-state index contributed by atoms with van der Waals surface area (Å²) in [5, 5.41) is 16.4. The number of sulfonamides is 1. The van der Waals surface area contributed by atoms with Crippen LogP contribution in [0.4, 0.5) is 0 Å². The van der Waals surface area contributed by atoms with Gasteiger partial charge in [-0.1, -0.05) is 0 Å². The molecule has 1 aromatic carbocycles. The van der Waals surface area contributed by atoms with Crippen molar-refractivity contribution in [2.45, 2.75) is 4.90 Å². The summed E-state index contributed by atoms with van der Waals surface area (Å²) in [4.78, 5) is 1.38. The second kappa shape index (κ2) is 3.65. The van der Waals surface area contributed by atoms with Gasteiger partial charge < -0.3 is 0 Å². The first-order valence-corrected chi connectivity index (χ1v) is 5.89. The molecule has 0 saturated carbocycles.